The van der Waals surface area contributed by atoms with Gasteiger partial charge in [0.25, 0.3) is 0 Å². The van der Waals surface area contributed by atoms with Crippen molar-refractivity contribution < 1.29 is 9.53 Å². The van der Waals surface area contributed by atoms with Gasteiger partial charge in [0.05, 0.1) is 18.0 Å². The van der Waals surface area contributed by atoms with Crippen molar-refractivity contribution in [2.75, 3.05) is 11.9 Å². The number of rotatable bonds is 4. The van der Waals surface area contributed by atoms with E-state index < -0.39 is 0 Å². The van der Waals surface area contributed by atoms with Crippen LogP contribution in [0.25, 0.3) is 5.69 Å². The Labute approximate surface area is 144 Å². The average molecular weight is 335 g/mol. The number of carbonyl (C=O) groups excluding carboxylic acids is 1. The SMILES string of the molecule is O=C(C[C@H]1CCOc2ccccc21)Nc1ccccc1-n1cnnn1. The minimum absolute atomic E-state index is 0.0396. The first-order valence-electron chi connectivity index (χ1n) is 8.15. The van der Waals surface area contributed by atoms with Crippen LogP contribution in [0.15, 0.2) is 54.9 Å². The summed E-state index contributed by atoms with van der Waals surface area (Å²) in [5, 5.41) is 14.2. The monoisotopic (exact) mass is 335 g/mol. The molecule has 7 nitrogen and oxygen atoms in total. The Kier molecular flexibility index (Phi) is 4.12. The first kappa shape index (κ1) is 15.3. The molecule has 0 aliphatic carbocycles. The highest BCUT2D eigenvalue weighted by molar-refractivity contribution is 5.93. The molecule has 1 amide bonds. The minimum atomic E-state index is -0.0396. The van der Waals surface area contributed by atoms with Gasteiger partial charge in [0.1, 0.15) is 12.1 Å². The van der Waals surface area contributed by atoms with Crippen LogP contribution >= 0.6 is 0 Å². The number of nitrogens with one attached hydrogen (secondary N) is 1. The molecule has 1 aliphatic heterocycles. The van der Waals surface area contributed by atoms with Gasteiger partial charge in [0.15, 0.2) is 0 Å². The highest BCUT2D eigenvalue weighted by Gasteiger charge is 2.23. The van der Waals surface area contributed by atoms with E-state index in [1.807, 2.05) is 48.5 Å². The van der Waals surface area contributed by atoms with Crippen LogP contribution in [0.4, 0.5) is 5.69 Å². The number of hydrogen-bond donors (Lipinski definition) is 1. The van der Waals surface area contributed by atoms with Gasteiger partial charge in [-0.3, -0.25) is 4.79 Å². The molecule has 4 rings (SSSR count). The van der Waals surface area contributed by atoms with Crippen molar-refractivity contribution in [1.29, 1.82) is 0 Å². The summed E-state index contributed by atoms with van der Waals surface area (Å²) in [5.74, 6) is 0.994. The van der Waals surface area contributed by atoms with Crippen LogP contribution in [0.3, 0.4) is 0 Å². The maximum absolute atomic E-state index is 12.6. The molecule has 126 valence electrons. The second-order valence-electron chi connectivity index (χ2n) is 5.90. The van der Waals surface area contributed by atoms with E-state index >= 15 is 0 Å². The number of fused-ring (bicyclic) bond motifs is 1. The van der Waals surface area contributed by atoms with Gasteiger partial charge in [-0.1, -0.05) is 30.3 Å². The van der Waals surface area contributed by atoms with E-state index in [-0.39, 0.29) is 11.8 Å². The molecule has 0 unspecified atom stereocenters. The molecule has 0 saturated carbocycles. The van der Waals surface area contributed by atoms with E-state index in [1.165, 1.54) is 11.0 Å². The Morgan fingerprint density at radius 3 is 2.92 bits per heavy atom. The van der Waals surface area contributed by atoms with Crippen molar-refractivity contribution >= 4 is 11.6 Å². The average Bonchev–Trinajstić information content (AvgIpc) is 3.17. The maximum Gasteiger partial charge on any atom is 0.225 e. The maximum atomic E-state index is 12.6. The zero-order valence-electron chi connectivity index (χ0n) is 13.5. The normalized spacial score (nSPS) is 15.9. The summed E-state index contributed by atoms with van der Waals surface area (Å²) in [6.07, 6.45) is 2.74. The highest BCUT2D eigenvalue weighted by Crippen LogP contribution is 2.35. The third kappa shape index (κ3) is 3.21. The third-order valence-electron chi connectivity index (χ3n) is 4.29. The number of para-hydroxylation sites is 3. The molecule has 7 heteroatoms. The number of ether oxygens (including phenoxy) is 1. The molecule has 2 heterocycles. The van der Waals surface area contributed by atoms with E-state index in [4.69, 9.17) is 4.74 Å². The van der Waals surface area contributed by atoms with Crippen LogP contribution in [-0.4, -0.2) is 32.7 Å². The Balaban J connectivity index is 1.51. The second kappa shape index (κ2) is 6.72. The van der Waals surface area contributed by atoms with Crippen molar-refractivity contribution in [2.45, 2.75) is 18.8 Å². The Bertz CT molecular complexity index is 879. The summed E-state index contributed by atoms with van der Waals surface area (Å²) in [7, 11) is 0. The second-order valence-corrected chi connectivity index (χ2v) is 5.90. The number of amides is 1. The number of tetrazole rings is 1. The summed E-state index contributed by atoms with van der Waals surface area (Å²) in [6, 6.07) is 15.3. The predicted octanol–water partition coefficient (Wildman–Crippen LogP) is 2.56. The molecule has 0 bridgehead atoms. The number of nitrogens with zero attached hydrogens (tertiary/aromatic N) is 4. The molecule has 0 saturated heterocycles. The van der Waals surface area contributed by atoms with Crippen molar-refractivity contribution in [3.8, 4) is 11.4 Å². The molecule has 1 aliphatic rings. The van der Waals surface area contributed by atoms with Crippen LogP contribution in [0.5, 0.6) is 5.75 Å². The van der Waals surface area contributed by atoms with Gasteiger partial charge in [-0.15, -0.1) is 5.10 Å². The van der Waals surface area contributed by atoms with Crippen molar-refractivity contribution in [3.63, 3.8) is 0 Å². The van der Waals surface area contributed by atoms with Gasteiger partial charge in [0.2, 0.25) is 5.91 Å². The lowest BCUT2D eigenvalue weighted by molar-refractivity contribution is -0.116. The fourth-order valence-electron chi connectivity index (χ4n) is 3.10. The Morgan fingerprint density at radius 1 is 1.20 bits per heavy atom. The Hall–Kier alpha value is -3.22. The third-order valence-corrected chi connectivity index (χ3v) is 4.29. The van der Waals surface area contributed by atoms with E-state index in [9.17, 15) is 4.79 Å². The summed E-state index contributed by atoms with van der Waals surface area (Å²) in [4.78, 5) is 12.6. The van der Waals surface area contributed by atoms with E-state index in [1.54, 1.807) is 0 Å². The molecule has 1 N–H and O–H groups in total. The van der Waals surface area contributed by atoms with Gasteiger partial charge in [0, 0.05) is 6.42 Å². The van der Waals surface area contributed by atoms with Crippen LogP contribution in [-0.2, 0) is 4.79 Å². The first-order valence-corrected chi connectivity index (χ1v) is 8.15. The molecule has 0 radical (unpaired) electrons. The number of carbonyl (C=O) groups is 1. The van der Waals surface area contributed by atoms with E-state index in [0.29, 0.717) is 18.7 Å². The smallest absolute Gasteiger partial charge is 0.225 e. The lowest BCUT2D eigenvalue weighted by Gasteiger charge is -2.25. The number of anilines is 1. The van der Waals surface area contributed by atoms with Gasteiger partial charge in [-0.2, -0.15) is 4.68 Å². The lowest BCUT2D eigenvalue weighted by atomic mass is 9.90. The number of hydrogen-bond acceptors (Lipinski definition) is 5. The molecule has 1 atom stereocenters. The van der Waals surface area contributed by atoms with Gasteiger partial charge < -0.3 is 10.1 Å². The van der Waals surface area contributed by atoms with Gasteiger partial charge in [-0.05, 0) is 46.5 Å². The van der Waals surface area contributed by atoms with Crippen molar-refractivity contribution in [3.05, 3.63) is 60.4 Å². The van der Waals surface area contributed by atoms with Crippen LogP contribution in [0.1, 0.15) is 24.3 Å². The fourth-order valence-corrected chi connectivity index (χ4v) is 3.10. The molecule has 0 fully saturated rings. The zero-order chi connectivity index (χ0) is 17.1. The first-order chi connectivity index (χ1) is 12.3. The molecule has 2 aromatic carbocycles. The predicted molar refractivity (Wildman–Crippen MR) is 91.7 cm³/mol. The van der Waals surface area contributed by atoms with Crippen LogP contribution in [0, 0.1) is 0 Å². The topological polar surface area (TPSA) is 81.9 Å². The summed E-state index contributed by atoms with van der Waals surface area (Å²) in [6.45, 7) is 0.635. The van der Waals surface area contributed by atoms with Gasteiger partial charge >= 0.3 is 0 Å². The molecule has 1 aromatic heterocycles. The molecular weight excluding hydrogens is 318 g/mol. The van der Waals surface area contributed by atoms with E-state index in [2.05, 4.69) is 20.8 Å². The molecule has 3 aromatic rings. The standard InChI is InChI=1S/C18H17N5O2/c24-18(11-13-9-10-25-17-8-4-1-5-14(13)17)20-15-6-2-3-7-16(15)23-12-19-21-22-23/h1-8,12-13H,9-11H2,(H,20,24)/t13-/m1/s1. The van der Waals surface area contributed by atoms with Crippen molar-refractivity contribution in [1.82, 2.24) is 20.2 Å². The molecule has 0 spiro atoms. The highest BCUT2D eigenvalue weighted by atomic mass is 16.5. The van der Waals surface area contributed by atoms with E-state index in [0.717, 1.165) is 23.4 Å². The summed E-state index contributed by atoms with van der Waals surface area (Å²) >= 11 is 0. The van der Waals surface area contributed by atoms with Gasteiger partial charge in [-0.25, -0.2) is 0 Å². The number of aromatic nitrogens is 4. The quantitative estimate of drug-likeness (QED) is 0.792. The molecular formula is C18H17N5O2. The van der Waals surface area contributed by atoms with Crippen LogP contribution in [0.2, 0.25) is 0 Å². The summed E-state index contributed by atoms with van der Waals surface area (Å²) in [5.41, 5.74) is 2.51. The Morgan fingerprint density at radius 2 is 2.04 bits per heavy atom. The lowest BCUT2D eigenvalue weighted by Crippen LogP contribution is -2.21. The summed E-state index contributed by atoms with van der Waals surface area (Å²) < 4.78 is 7.19. The zero-order valence-corrected chi connectivity index (χ0v) is 13.5. The minimum Gasteiger partial charge on any atom is -0.493 e. The largest absolute Gasteiger partial charge is 0.493 e. The fraction of sp³-hybridized carbons (Fsp3) is 0.222. The molecule has 25 heavy (non-hydrogen) atoms. The van der Waals surface area contributed by atoms with Crippen LogP contribution < -0.4 is 10.1 Å². The number of benzene rings is 2. The van der Waals surface area contributed by atoms with Crippen molar-refractivity contribution in [2.24, 2.45) is 0 Å².